The number of imidazole rings is 1. The van der Waals surface area contributed by atoms with E-state index in [1.54, 1.807) is 23.7 Å². The molecule has 6 aromatic rings. The molecule has 1 aliphatic rings. The van der Waals surface area contributed by atoms with Crippen LogP contribution in [0.25, 0.3) is 56.0 Å². The Morgan fingerprint density at radius 2 is 1.89 bits per heavy atom. The molecule has 0 spiro atoms. The summed E-state index contributed by atoms with van der Waals surface area (Å²) in [4.78, 5) is 24.1. The molecule has 0 saturated carbocycles. The number of hydrogen-bond donors (Lipinski definition) is 2. The summed E-state index contributed by atoms with van der Waals surface area (Å²) in [6, 6.07) is 8.18. The molecule has 1 saturated heterocycles. The number of ether oxygens (including phenoxy) is 1. The maximum absolute atomic E-state index is 6.01. The first-order valence-electron chi connectivity index (χ1n) is 12.3. The van der Waals surface area contributed by atoms with E-state index in [4.69, 9.17) is 9.72 Å². The molecule has 9 nitrogen and oxygen atoms in total. The number of rotatable bonds is 7. The van der Waals surface area contributed by atoms with Crippen LogP contribution < -0.4 is 4.74 Å². The molecule has 7 heterocycles. The van der Waals surface area contributed by atoms with Crippen molar-refractivity contribution in [3.05, 3.63) is 59.8 Å². The lowest BCUT2D eigenvalue weighted by atomic mass is 10.1. The summed E-state index contributed by atoms with van der Waals surface area (Å²) in [6.45, 7) is 3.92. The van der Waals surface area contributed by atoms with Crippen molar-refractivity contribution in [3.63, 3.8) is 0 Å². The van der Waals surface area contributed by atoms with Crippen LogP contribution in [0.2, 0.25) is 0 Å². The average molecular weight is 509 g/mol. The first kappa shape index (κ1) is 22.1. The van der Waals surface area contributed by atoms with E-state index in [9.17, 15) is 0 Å². The second kappa shape index (κ2) is 9.38. The molecule has 0 aliphatic carbocycles. The van der Waals surface area contributed by atoms with Crippen LogP contribution in [0.3, 0.4) is 0 Å². The van der Waals surface area contributed by atoms with Crippen LogP contribution in [0.4, 0.5) is 0 Å². The number of thiophene rings is 1. The molecule has 1 aliphatic heterocycles. The Morgan fingerprint density at radius 3 is 2.78 bits per heavy atom. The van der Waals surface area contributed by atoms with E-state index in [-0.39, 0.29) is 0 Å². The van der Waals surface area contributed by atoms with Gasteiger partial charge in [0.25, 0.3) is 0 Å². The lowest BCUT2D eigenvalue weighted by Gasteiger charge is -2.15. The summed E-state index contributed by atoms with van der Waals surface area (Å²) in [7, 11) is 0. The van der Waals surface area contributed by atoms with Gasteiger partial charge in [-0.05, 0) is 66.5 Å². The number of aromatic nitrogens is 7. The SMILES string of the molecule is c1cc(-c2ccsc2)c2[nH]c(-c3[nH]nc4ncc(-c5cncc(OCCN6CCCC6)c5)cc34)nc2n1. The van der Waals surface area contributed by atoms with Gasteiger partial charge in [-0.3, -0.25) is 15.0 Å². The highest BCUT2D eigenvalue weighted by atomic mass is 32.1. The van der Waals surface area contributed by atoms with E-state index in [1.165, 1.54) is 12.8 Å². The molecular formula is C27H24N8OS. The van der Waals surface area contributed by atoms with Gasteiger partial charge < -0.3 is 9.72 Å². The lowest BCUT2D eigenvalue weighted by molar-refractivity contribution is 0.237. The smallest absolute Gasteiger partial charge is 0.181 e. The second-order valence-electron chi connectivity index (χ2n) is 9.15. The highest BCUT2D eigenvalue weighted by Gasteiger charge is 2.17. The van der Waals surface area contributed by atoms with Crippen LogP contribution in [0.5, 0.6) is 5.75 Å². The monoisotopic (exact) mass is 508 g/mol. The number of nitrogens with zero attached hydrogens (tertiary/aromatic N) is 6. The molecule has 1 fully saturated rings. The summed E-state index contributed by atoms with van der Waals surface area (Å²) in [5, 5.41) is 12.6. The molecule has 6 aromatic heterocycles. The predicted molar refractivity (Wildman–Crippen MR) is 144 cm³/mol. The summed E-state index contributed by atoms with van der Waals surface area (Å²) in [5.41, 5.74) is 7.02. The van der Waals surface area contributed by atoms with E-state index < -0.39 is 0 Å². The Labute approximate surface area is 216 Å². The van der Waals surface area contributed by atoms with Gasteiger partial charge in [0.05, 0.1) is 17.1 Å². The third-order valence-corrected chi connectivity index (χ3v) is 7.48. The van der Waals surface area contributed by atoms with Gasteiger partial charge in [-0.2, -0.15) is 16.4 Å². The Morgan fingerprint density at radius 1 is 0.973 bits per heavy atom. The van der Waals surface area contributed by atoms with Gasteiger partial charge in [0, 0.05) is 41.8 Å². The van der Waals surface area contributed by atoms with E-state index in [1.807, 2.05) is 24.5 Å². The van der Waals surface area contributed by atoms with Crippen LogP contribution in [0.1, 0.15) is 12.8 Å². The summed E-state index contributed by atoms with van der Waals surface area (Å²) >= 11 is 1.66. The van der Waals surface area contributed by atoms with Gasteiger partial charge in [-0.25, -0.2) is 15.0 Å². The van der Waals surface area contributed by atoms with Crippen LogP contribution in [0, 0.1) is 0 Å². The second-order valence-corrected chi connectivity index (χ2v) is 9.93. The molecule has 10 heteroatoms. The van der Waals surface area contributed by atoms with Crippen molar-refractivity contribution in [1.82, 2.24) is 40.0 Å². The van der Waals surface area contributed by atoms with Crippen LogP contribution in [0.15, 0.2) is 59.8 Å². The van der Waals surface area contributed by atoms with Gasteiger partial charge in [-0.15, -0.1) is 0 Å². The third-order valence-electron chi connectivity index (χ3n) is 6.79. The average Bonchev–Trinajstić information content (AvgIpc) is 3.74. The van der Waals surface area contributed by atoms with Gasteiger partial charge in [-0.1, -0.05) is 0 Å². The van der Waals surface area contributed by atoms with Crippen molar-refractivity contribution in [3.8, 4) is 39.5 Å². The Hall–Kier alpha value is -4.15. The number of fused-ring (bicyclic) bond motifs is 2. The van der Waals surface area contributed by atoms with Gasteiger partial charge in [0.1, 0.15) is 18.1 Å². The van der Waals surface area contributed by atoms with Gasteiger partial charge in [0.15, 0.2) is 17.1 Å². The van der Waals surface area contributed by atoms with Crippen LogP contribution in [-0.4, -0.2) is 66.3 Å². The highest BCUT2D eigenvalue weighted by Crippen LogP contribution is 2.32. The van der Waals surface area contributed by atoms with E-state index in [2.05, 4.69) is 57.9 Å². The number of aromatic amines is 2. The maximum atomic E-state index is 6.01. The molecule has 2 N–H and O–H groups in total. The minimum atomic E-state index is 0.621. The molecule has 184 valence electrons. The van der Waals surface area contributed by atoms with Crippen molar-refractivity contribution >= 4 is 33.5 Å². The van der Waals surface area contributed by atoms with Gasteiger partial charge in [0.2, 0.25) is 0 Å². The molecule has 0 aromatic carbocycles. The predicted octanol–water partition coefficient (Wildman–Crippen LogP) is 5.16. The third kappa shape index (κ3) is 4.24. The number of pyridine rings is 3. The van der Waals surface area contributed by atoms with Gasteiger partial charge >= 0.3 is 0 Å². The quantitative estimate of drug-likeness (QED) is 0.307. The zero-order valence-electron chi connectivity index (χ0n) is 20.0. The first-order chi connectivity index (χ1) is 18.3. The largest absolute Gasteiger partial charge is 0.491 e. The molecule has 0 unspecified atom stereocenters. The molecule has 0 radical (unpaired) electrons. The molecule has 0 bridgehead atoms. The highest BCUT2D eigenvalue weighted by molar-refractivity contribution is 7.08. The summed E-state index contributed by atoms with van der Waals surface area (Å²) in [6.07, 6.45) is 9.75. The fraction of sp³-hybridized carbons (Fsp3) is 0.222. The fourth-order valence-electron chi connectivity index (χ4n) is 4.88. The molecule has 37 heavy (non-hydrogen) atoms. The van der Waals surface area contributed by atoms with Crippen molar-refractivity contribution in [1.29, 1.82) is 0 Å². The van der Waals surface area contributed by atoms with Crippen molar-refractivity contribution in [2.24, 2.45) is 0 Å². The minimum absolute atomic E-state index is 0.621. The Balaban J connectivity index is 1.20. The topological polar surface area (TPSA) is 108 Å². The zero-order valence-corrected chi connectivity index (χ0v) is 20.8. The number of H-pyrrole nitrogens is 2. The van der Waals surface area contributed by atoms with E-state index >= 15 is 0 Å². The zero-order chi connectivity index (χ0) is 24.6. The Kier molecular flexibility index (Phi) is 5.60. The normalized spacial score (nSPS) is 14.2. The Bertz CT molecular complexity index is 1680. The van der Waals surface area contributed by atoms with Crippen LogP contribution in [-0.2, 0) is 0 Å². The molecule has 7 rings (SSSR count). The molecular weight excluding hydrogens is 484 g/mol. The minimum Gasteiger partial charge on any atom is -0.491 e. The van der Waals surface area contributed by atoms with Crippen molar-refractivity contribution in [2.75, 3.05) is 26.2 Å². The molecule has 0 amide bonds. The maximum Gasteiger partial charge on any atom is 0.181 e. The lowest BCUT2D eigenvalue weighted by Crippen LogP contribution is -2.25. The fourth-order valence-corrected chi connectivity index (χ4v) is 5.54. The standard InChI is InChI=1S/C27H24N8OS/c1-2-7-35(6-1)8-9-36-20-11-18(13-28-15-20)19-12-22-24(33-34-25(22)30-14-19)27-31-23-21(17-4-10-37-16-17)3-5-29-26(23)32-27/h3-5,10-16H,1-2,6-9H2,(H,29,31,32)(H,30,33,34). The first-order valence-corrected chi connectivity index (χ1v) is 13.3. The van der Waals surface area contributed by atoms with Crippen LogP contribution >= 0.6 is 11.3 Å². The van der Waals surface area contributed by atoms with Crippen molar-refractivity contribution in [2.45, 2.75) is 12.8 Å². The number of hydrogen-bond acceptors (Lipinski definition) is 8. The number of likely N-dealkylation sites (tertiary alicyclic amines) is 1. The van der Waals surface area contributed by atoms with E-state index in [0.717, 1.165) is 64.2 Å². The number of nitrogens with one attached hydrogen (secondary N) is 2. The molecule has 0 atom stereocenters. The summed E-state index contributed by atoms with van der Waals surface area (Å²) in [5.74, 6) is 1.43. The van der Waals surface area contributed by atoms with Crippen molar-refractivity contribution < 1.29 is 4.74 Å². The van der Waals surface area contributed by atoms with E-state index in [0.29, 0.717) is 23.7 Å². The summed E-state index contributed by atoms with van der Waals surface area (Å²) < 4.78 is 6.01.